The average Bonchev–Trinajstić information content (AvgIpc) is 4.01. The lowest BCUT2D eigenvalue weighted by atomic mass is 9.99. The first-order chi connectivity index (χ1) is 39.1. The molecule has 3 aromatic rings. The summed E-state index contributed by atoms with van der Waals surface area (Å²) in [7, 11) is -31.9. The highest BCUT2D eigenvalue weighted by molar-refractivity contribution is 7.72. The van der Waals surface area contributed by atoms with Gasteiger partial charge in [0.2, 0.25) is 0 Å². The van der Waals surface area contributed by atoms with Crippen LogP contribution in [0, 0.1) is 17.8 Å². The molecule has 0 bridgehead atoms. The quantitative estimate of drug-likeness (QED) is 0.0370. The van der Waals surface area contributed by atoms with Crippen LogP contribution in [-0.4, -0.2) is 190 Å². The SMILES string of the molecule is CC[NH+](CC)CC.O=c1ccn(C2O[C@H](COP(=O)(O)O)[C@@H](CO)[C@H]2O)c(=O)[nH]1.O=c1ccn(C2O[C@H](COP(=O)(O)OP(=O)([O-])CP(=O)([O-])O)[C@@H](CO)[C@H]2O)c(=O)[nH]1.O=c1ccn(C2O[C@H](COP(=O)(O)OP(=O)([O-])O)[C@@H](CO)[C@H]2O)c(=O)[nH]1. The molecule has 42 nitrogen and oxygen atoms in total. The van der Waals surface area contributed by atoms with E-state index in [1.807, 2.05) is 15.0 Å². The van der Waals surface area contributed by atoms with E-state index in [9.17, 15) is 111 Å². The van der Waals surface area contributed by atoms with Crippen molar-refractivity contribution in [1.29, 1.82) is 0 Å². The molecular formula is C37H63N7O35P6-2. The van der Waals surface area contributed by atoms with Gasteiger partial charge in [0, 0.05) is 54.5 Å². The molecule has 0 aromatic carbocycles. The molecule has 48 heteroatoms. The number of ether oxygens (including phenoxy) is 3. The lowest BCUT2D eigenvalue weighted by molar-refractivity contribution is -0.894. The number of phosphoric ester groups is 3. The number of nitrogens with zero attached hydrogens (tertiary/aromatic N) is 3. The topological polar surface area (TPSA) is 657 Å². The maximum atomic E-state index is 11.8. The summed E-state index contributed by atoms with van der Waals surface area (Å²) in [6, 6.07) is 2.98. The van der Waals surface area contributed by atoms with Crippen molar-refractivity contribution in [3.63, 3.8) is 0 Å². The van der Waals surface area contributed by atoms with E-state index in [2.05, 4.69) is 43.0 Å². The minimum absolute atomic E-state index is 0.551. The molecule has 16 N–H and O–H groups in total. The molecule has 8 unspecified atom stereocenters. The second-order valence-electron chi connectivity index (χ2n) is 17.9. The minimum atomic E-state index is -5.56. The average molecular weight is 1350 g/mol. The number of aromatic amines is 3. The molecule has 3 fully saturated rings. The molecule has 6 heterocycles. The van der Waals surface area contributed by atoms with Gasteiger partial charge in [-0.1, -0.05) is 0 Å². The summed E-state index contributed by atoms with van der Waals surface area (Å²) in [5, 5.41) is 58.6. The van der Waals surface area contributed by atoms with Crippen LogP contribution < -0.4 is 53.3 Å². The van der Waals surface area contributed by atoms with Crippen molar-refractivity contribution >= 4 is 46.5 Å². The number of aromatic nitrogens is 6. The van der Waals surface area contributed by atoms with Gasteiger partial charge in [0.1, 0.15) is 25.9 Å². The van der Waals surface area contributed by atoms with E-state index < -0.39 is 199 Å². The molecule has 3 aliphatic heterocycles. The van der Waals surface area contributed by atoms with E-state index in [1.54, 1.807) is 4.90 Å². The number of quaternary nitrogens is 1. The van der Waals surface area contributed by atoms with E-state index in [0.717, 1.165) is 50.5 Å². The zero-order valence-electron chi connectivity index (χ0n) is 44.2. The smallest absolute Gasteiger partial charge is 0.478 e. The van der Waals surface area contributed by atoms with Crippen LogP contribution in [0.5, 0.6) is 0 Å². The van der Waals surface area contributed by atoms with Crippen LogP contribution in [0.1, 0.15) is 39.5 Å². The summed E-state index contributed by atoms with van der Waals surface area (Å²) in [6.45, 7) is 6.17. The predicted octanol–water partition coefficient (Wildman–Crippen LogP) is -8.97. The van der Waals surface area contributed by atoms with Gasteiger partial charge in [-0.3, -0.25) is 61.2 Å². The van der Waals surface area contributed by atoms with Crippen LogP contribution in [0.15, 0.2) is 65.6 Å². The Morgan fingerprint density at radius 1 is 0.518 bits per heavy atom. The van der Waals surface area contributed by atoms with E-state index in [0.29, 0.717) is 0 Å². The third-order valence-electron chi connectivity index (χ3n) is 12.1. The molecule has 3 aliphatic rings. The molecule has 17 atom stereocenters. The summed E-state index contributed by atoms with van der Waals surface area (Å²) in [6.07, 6.45) is -8.91. The zero-order valence-corrected chi connectivity index (χ0v) is 49.6. The minimum Gasteiger partial charge on any atom is -0.778 e. The summed E-state index contributed by atoms with van der Waals surface area (Å²) < 4.78 is 105. The van der Waals surface area contributed by atoms with Crippen LogP contribution in [0.4, 0.5) is 0 Å². The molecule has 0 spiro atoms. The first-order valence-corrected chi connectivity index (χ1v) is 33.7. The second kappa shape index (κ2) is 32.3. The molecule has 3 saturated heterocycles. The Kier molecular flexibility index (Phi) is 28.7. The number of phosphoric acid groups is 4. The van der Waals surface area contributed by atoms with Gasteiger partial charge < -0.3 is 103 Å². The van der Waals surface area contributed by atoms with Gasteiger partial charge in [0.15, 0.2) is 26.3 Å². The molecule has 85 heavy (non-hydrogen) atoms. The van der Waals surface area contributed by atoms with Gasteiger partial charge in [-0.25, -0.2) is 36.7 Å². The summed E-state index contributed by atoms with van der Waals surface area (Å²) in [5.74, 6) is -5.14. The molecule has 0 amide bonds. The standard InChI is InChI=1S/C11H19N2O14P3.C10H16N2O12P2.C10H15N2O9P.C6H15N/c14-3-6-7(4-25-30(23,24)27-29(21,22)5-28(18,19)20)26-10(9(6)16)13-2-1-8(15)12-11(13)17;13-3-5-6(4-22-26(20,21)24-25(17,18)19)23-9(8(5)15)12-2-1-7(14)11-10(12)16;13-3-5-6(4-20-22(17,18)19)21-9(8(5)15)12-2-1-7(14)11-10(12)16;1-4-7(5-2)6-3/h1-2,6-7,9-10,14,16H,3-5H2,(H,21,22)(H,23,24)(H,12,15,17)(H2,18,19,20);1-2,5-6,8-9,13,15H,3-4H2,(H,20,21)(H,11,14,16)(H2,17,18,19);1-2,5-6,8-9,13,15H,3-4H2,(H,11,14,16)(H2,17,18,19);4-6H2,1-3H3/p-2/t6-,7-,9-,10?;2*5-,6-,8-,9?;/m111./s1. The summed E-state index contributed by atoms with van der Waals surface area (Å²) >= 11 is 0. The predicted molar refractivity (Wildman–Crippen MR) is 272 cm³/mol. The van der Waals surface area contributed by atoms with Crippen molar-refractivity contribution in [3.05, 3.63) is 99.3 Å². The largest absolute Gasteiger partial charge is 0.778 e. The lowest BCUT2D eigenvalue weighted by Crippen LogP contribution is -3.11. The highest BCUT2D eigenvalue weighted by Crippen LogP contribution is 2.62. The molecular weight excluding hydrogens is 1290 g/mol. The maximum Gasteiger partial charge on any atom is 0.478 e. The first kappa shape index (κ1) is 75.7. The molecule has 488 valence electrons. The zero-order chi connectivity index (χ0) is 64.8. The molecule has 0 radical (unpaired) electrons. The van der Waals surface area contributed by atoms with Crippen molar-refractivity contribution in [1.82, 2.24) is 28.7 Å². The number of hydrogen-bond donors (Lipinski definition) is 16. The van der Waals surface area contributed by atoms with Crippen LogP contribution in [0.3, 0.4) is 0 Å². The number of nitrogens with one attached hydrogen (secondary N) is 4. The Balaban J connectivity index is 0.000000318. The van der Waals surface area contributed by atoms with Crippen LogP contribution in [-0.2, 0) is 63.8 Å². The van der Waals surface area contributed by atoms with Crippen molar-refractivity contribution in [2.24, 2.45) is 17.8 Å². The van der Waals surface area contributed by atoms with Gasteiger partial charge >= 0.3 is 40.5 Å². The van der Waals surface area contributed by atoms with Crippen LogP contribution >= 0.6 is 46.5 Å². The van der Waals surface area contributed by atoms with Gasteiger partial charge in [-0.15, -0.1) is 0 Å². The third kappa shape index (κ3) is 24.1. The van der Waals surface area contributed by atoms with Crippen molar-refractivity contribution in [3.8, 4) is 0 Å². The Bertz CT molecular complexity index is 3310. The second-order valence-corrected chi connectivity index (χ2v) is 27.4. The molecule has 3 aromatic heterocycles. The van der Waals surface area contributed by atoms with Gasteiger partial charge in [0.05, 0.1) is 83.5 Å². The van der Waals surface area contributed by atoms with E-state index in [-0.39, 0.29) is 0 Å². The Morgan fingerprint density at radius 2 is 0.812 bits per heavy atom. The number of rotatable bonds is 24. The monoisotopic (exact) mass is 1350 g/mol. The Morgan fingerprint density at radius 3 is 1.05 bits per heavy atom. The maximum absolute atomic E-state index is 11.8. The highest BCUT2D eigenvalue weighted by Gasteiger charge is 2.48. The van der Waals surface area contributed by atoms with Crippen LogP contribution in [0.25, 0.3) is 0 Å². The highest BCUT2D eigenvalue weighted by atomic mass is 31.3. The first-order valence-electron chi connectivity index (χ1n) is 24.2. The fourth-order valence-corrected chi connectivity index (χ4v) is 14.1. The molecule has 0 aliphatic carbocycles. The molecule has 0 saturated carbocycles. The van der Waals surface area contributed by atoms with E-state index in [4.69, 9.17) is 33.8 Å². The molecule has 6 rings (SSSR count). The Hall–Kier alpha value is -3.54. The number of aliphatic hydroxyl groups excluding tert-OH is 6. The number of hydrogen-bond acceptors (Lipinski definition) is 29. The Labute approximate surface area is 475 Å². The summed E-state index contributed by atoms with van der Waals surface area (Å²) in [5.41, 5.74) is -4.75. The van der Waals surface area contributed by atoms with Crippen molar-refractivity contribution in [2.75, 3.05) is 65.2 Å². The van der Waals surface area contributed by atoms with Crippen molar-refractivity contribution < 1.29 is 143 Å². The number of aliphatic hydroxyl groups is 6. The fraction of sp³-hybridized carbons (Fsp3) is 0.676. The van der Waals surface area contributed by atoms with Gasteiger partial charge in [-0.05, 0) is 20.8 Å². The fourth-order valence-electron chi connectivity index (χ4n) is 7.95. The van der Waals surface area contributed by atoms with Gasteiger partial charge in [0.25, 0.3) is 24.5 Å². The van der Waals surface area contributed by atoms with Gasteiger partial charge in [-0.2, -0.15) is 0 Å². The van der Waals surface area contributed by atoms with E-state index >= 15 is 0 Å². The van der Waals surface area contributed by atoms with Crippen molar-refractivity contribution in [2.45, 2.75) is 76.1 Å². The lowest BCUT2D eigenvalue weighted by Gasteiger charge is -2.29. The normalized spacial score (nSPS) is 28.4. The third-order valence-corrected chi connectivity index (χ3v) is 19.8. The number of H-pyrrole nitrogens is 3. The van der Waals surface area contributed by atoms with Crippen LogP contribution in [0.2, 0.25) is 0 Å². The van der Waals surface area contributed by atoms with E-state index in [1.165, 1.54) is 19.6 Å². The summed E-state index contributed by atoms with van der Waals surface area (Å²) in [4.78, 5) is 162.